The van der Waals surface area contributed by atoms with E-state index >= 15 is 0 Å². The van der Waals surface area contributed by atoms with E-state index in [2.05, 4.69) is 31.0 Å². The number of nitrogens with one attached hydrogen (secondary N) is 1. The van der Waals surface area contributed by atoms with Crippen LogP contribution in [0.15, 0.2) is 0 Å². The van der Waals surface area contributed by atoms with Gasteiger partial charge >= 0.3 is 0 Å². The number of methoxy groups -OCH3 is 1. The van der Waals surface area contributed by atoms with Gasteiger partial charge in [0.1, 0.15) is 0 Å². The third-order valence-corrected chi connectivity index (χ3v) is 4.39. The topological polar surface area (TPSA) is 24.5 Å². The number of ether oxygens (including phenoxy) is 1. The number of unbranched alkanes of at least 4 members (excludes halogenated alkanes) is 2. The third-order valence-electron chi connectivity index (χ3n) is 4.39. The zero-order chi connectivity index (χ0) is 14.1. The Morgan fingerprint density at radius 2 is 2.16 bits per heavy atom. The van der Waals surface area contributed by atoms with Crippen molar-refractivity contribution in [1.82, 2.24) is 10.2 Å². The van der Waals surface area contributed by atoms with Crippen LogP contribution < -0.4 is 5.32 Å². The molecule has 2 atom stereocenters. The average molecular weight is 270 g/mol. The predicted octanol–water partition coefficient (Wildman–Crippen LogP) is 3.05. The average Bonchev–Trinajstić information content (AvgIpc) is 2.39. The summed E-state index contributed by atoms with van der Waals surface area (Å²) in [5.41, 5.74) is 0.0744. The minimum atomic E-state index is 0.0744. The molecule has 1 aliphatic rings. The largest absolute Gasteiger partial charge is 0.377 e. The van der Waals surface area contributed by atoms with Crippen molar-refractivity contribution >= 4 is 0 Å². The van der Waals surface area contributed by atoms with Crippen LogP contribution in [0.25, 0.3) is 0 Å². The van der Waals surface area contributed by atoms with E-state index in [1.807, 2.05) is 7.11 Å². The van der Waals surface area contributed by atoms with Crippen LogP contribution in [0.2, 0.25) is 0 Å². The van der Waals surface area contributed by atoms with Gasteiger partial charge in [0, 0.05) is 32.8 Å². The van der Waals surface area contributed by atoms with Crippen molar-refractivity contribution < 1.29 is 4.74 Å². The Kier molecular flexibility index (Phi) is 7.96. The van der Waals surface area contributed by atoms with Gasteiger partial charge in [-0.3, -0.25) is 4.90 Å². The molecule has 0 saturated carbocycles. The molecule has 1 rings (SSSR count). The second kappa shape index (κ2) is 8.93. The number of likely N-dealkylation sites (tertiary alicyclic amines) is 1. The first kappa shape index (κ1) is 16.9. The van der Waals surface area contributed by atoms with Gasteiger partial charge in [0.05, 0.1) is 5.60 Å². The van der Waals surface area contributed by atoms with E-state index < -0.39 is 0 Å². The summed E-state index contributed by atoms with van der Waals surface area (Å²) >= 11 is 0. The van der Waals surface area contributed by atoms with Crippen molar-refractivity contribution in [2.45, 2.75) is 70.9 Å². The van der Waals surface area contributed by atoms with Crippen molar-refractivity contribution in [1.29, 1.82) is 0 Å². The molecule has 0 aliphatic carbocycles. The summed E-state index contributed by atoms with van der Waals surface area (Å²) in [5.74, 6) is 0. The molecule has 1 fully saturated rings. The first-order chi connectivity index (χ1) is 9.09. The minimum Gasteiger partial charge on any atom is -0.377 e. The molecule has 0 bridgehead atoms. The molecule has 0 radical (unpaired) electrons. The van der Waals surface area contributed by atoms with Gasteiger partial charge in [0.15, 0.2) is 0 Å². The molecule has 1 aliphatic heterocycles. The highest BCUT2D eigenvalue weighted by atomic mass is 16.5. The summed E-state index contributed by atoms with van der Waals surface area (Å²) in [4.78, 5) is 2.54. The zero-order valence-corrected chi connectivity index (χ0v) is 13.5. The molecule has 3 heteroatoms. The van der Waals surface area contributed by atoms with E-state index in [0.717, 1.165) is 19.6 Å². The van der Waals surface area contributed by atoms with Crippen LogP contribution in [-0.2, 0) is 4.74 Å². The van der Waals surface area contributed by atoms with Gasteiger partial charge in [0.25, 0.3) is 0 Å². The van der Waals surface area contributed by atoms with Gasteiger partial charge in [-0.05, 0) is 39.7 Å². The molecule has 3 nitrogen and oxygen atoms in total. The second-order valence-electron chi connectivity index (χ2n) is 6.38. The molecule has 0 aromatic rings. The third kappa shape index (κ3) is 6.73. The Hall–Kier alpha value is -0.120. The van der Waals surface area contributed by atoms with E-state index in [1.165, 1.54) is 45.1 Å². The smallest absolute Gasteiger partial charge is 0.0777 e. The Balaban J connectivity index is 2.11. The summed E-state index contributed by atoms with van der Waals surface area (Å²) in [6, 6.07) is 0.658. The van der Waals surface area contributed by atoms with E-state index in [9.17, 15) is 0 Å². The highest BCUT2D eigenvalue weighted by molar-refractivity contribution is 4.84. The molecule has 114 valence electrons. The van der Waals surface area contributed by atoms with Crippen molar-refractivity contribution in [3.8, 4) is 0 Å². The quantitative estimate of drug-likeness (QED) is 0.652. The van der Waals surface area contributed by atoms with Crippen LogP contribution in [0.1, 0.15) is 59.3 Å². The lowest BCUT2D eigenvalue weighted by molar-refractivity contribution is -0.0502. The van der Waals surface area contributed by atoms with Crippen molar-refractivity contribution in [3.05, 3.63) is 0 Å². The Morgan fingerprint density at radius 1 is 1.37 bits per heavy atom. The second-order valence-corrected chi connectivity index (χ2v) is 6.38. The molecule has 19 heavy (non-hydrogen) atoms. The first-order valence-corrected chi connectivity index (χ1v) is 8.10. The Morgan fingerprint density at radius 3 is 2.84 bits per heavy atom. The van der Waals surface area contributed by atoms with Crippen molar-refractivity contribution in [2.24, 2.45) is 0 Å². The van der Waals surface area contributed by atoms with Gasteiger partial charge in [-0.15, -0.1) is 0 Å². The van der Waals surface area contributed by atoms with Crippen molar-refractivity contribution in [3.63, 3.8) is 0 Å². The van der Waals surface area contributed by atoms with Crippen LogP contribution in [0.4, 0.5) is 0 Å². The minimum absolute atomic E-state index is 0.0744. The maximum absolute atomic E-state index is 5.64. The van der Waals surface area contributed by atoms with Gasteiger partial charge < -0.3 is 10.1 Å². The normalized spacial score (nSPS) is 26.5. The summed E-state index contributed by atoms with van der Waals surface area (Å²) in [5, 5.41) is 3.65. The number of nitrogens with zero attached hydrogens (tertiary/aromatic N) is 1. The van der Waals surface area contributed by atoms with Gasteiger partial charge in [0.2, 0.25) is 0 Å². The van der Waals surface area contributed by atoms with E-state index in [-0.39, 0.29) is 5.60 Å². The van der Waals surface area contributed by atoms with Crippen LogP contribution in [-0.4, -0.2) is 49.8 Å². The molecule has 1 heterocycles. The molecular weight excluding hydrogens is 236 g/mol. The standard InChI is InChI=1S/C16H34N2O/c1-5-6-7-9-15(2)17-11-13-18-12-8-10-16(3,14-18)19-4/h15,17H,5-14H2,1-4H3. The summed E-state index contributed by atoms with van der Waals surface area (Å²) in [7, 11) is 1.84. The molecule has 0 aromatic heterocycles. The van der Waals surface area contributed by atoms with Crippen LogP contribution in [0.5, 0.6) is 0 Å². The lowest BCUT2D eigenvalue weighted by atomic mass is 9.95. The number of rotatable bonds is 9. The zero-order valence-electron chi connectivity index (χ0n) is 13.5. The predicted molar refractivity (Wildman–Crippen MR) is 82.7 cm³/mol. The number of hydrogen-bond acceptors (Lipinski definition) is 3. The van der Waals surface area contributed by atoms with E-state index in [1.54, 1.807) is 0 Å². The molecule has 0 amide bonds. The molecule has 1 saturated heterocycles. The highest BCUT2D eigenvalue weighted by Crippen LogP contribution is 2.23. The fourth-order valence-electron chi connectivity index (χ4n) is 2.94. The summed E-state index contributed by atoms with van der Waals surface area (Å²) in [6.45, 7) is 11.4. The SMILES string of the molecule is CCCCCC(C)NCCN1CCCC(C)(OC)C1. The van der Waals surface area contributed by atoms with Crippen molar-refractivity contribution in [2.75, 3.05) is 33.3 Å². The van der Waals surface area contributed by atoms with Gasteiger partial charge in [-0.2, -0.15) is 0 Å². The number of piperidine rings is 1. The van der Waals surface area contributed by atoms with E-state index in [4.69, 9.17) is 4.74 Å². The Labute approximate surface area is 120 Å². The monoisotopic (exact) mass is 270 g/mol. The van der Waals surface area contributed by atoms with Gasteiger partial charge in [-0.1, -0.05) is 26.2 Å². The summed E-state index contributed by atoms with van der Waals surface area (Å²) in [6.07, 6.45) is 7.80. The fraction of sp³-hybridized carbons (Fsp3) is 1.00. The summed E-state index contributed by atoms with van der Waals surface area (Å²) < 4.78 is 5.64. The highest BCUT2D eigenvalue weighted by Gasteiger charge is 2.30. The van der Waals surface area contributed by atoms with Crippen LogP contribution in [0, 0.1) is 0 Å². The maximum atomic E-state index is 5.64. The molecule has 2 unspecified atom stereocenters. The molecule has 0 spiro atoms. The van der Waals surface area contributed by atoms with Gasteiger partial charge in [-0.25, -0.2) is 0 Å². The maximum Gasteiger partial charge on any atom is 0.0777 e. The van der Waals surface area contributed by atoms with E-state index in [0.29, 0.717) is 6.04 Å². The molecular formula is C16H34N2O. The number of hydrogen-bond donors (Lipinski definition) is 1. The molecule has 0 aromatic carbocycles. The lowest BCUT2D eigenvalue weighted by Gasteiger charge is -2.39. The fourth-order valence-corrected chi connectivity index (χ4v) is 2.94. The lowest BCUT2D eigenvalue weighted by Crippen LogP contribution is -2.49. The molecule has 1 N–H and O–H groups in total. The Bertz CT molecular complexity index is 235. The first-order valence-electron chi connectivity index (χ1n) is 8.10. The van der Waals surface area contributed by atoms with Crippen LogP contribution in [0.3, 0.4) is 0 Å². The van der Waals surface area contributed by atoms with Crippen LogP contribution >= 0.6 is 0 Å².